The van der Waals surface area contributed by atoms with E-state index in [1.807, 2.05) is 19.1 Å². The van der Waals surface area contributed by atoms with Gasteiger partial charge >= 0.3 is 0 Å². The fourth-order valence-electron chi connectivity index (χ4n) is 0.501. The molecule has 0 aliphatic heterocycles. The highest BCUT2D eigenvalue weighted by Crippen LogP contribution is 1.97. The Morgan fingerprint density at radius 3 is 2.40 bits per heavy atom. The van der Waals surface area contributed by atoms with Crippen LogP contribution in [0, 0.1) is 0 Å². The first-order valence-corrected chi connectivity index (χ1v) is 3.30. The predicted molar refractivity (Wildman–Crippen MR) is 42.3 cm³/mol. The van der Waals surface area contributed by atoms with E-state index in [-0.39, 0.29) is 6.67 Å². The van der Waals surface area contributed by atoms with Gasteiger partial charge in [0, 0.05) is 5.70 Å². The van der Waals surface area contributed by atoms with E-state index >= 15 is 0 Å². The Balaban J connectivity index is 3.63. The Bertz CT molecular complexity index is 143. The summed E-state index contributed by atoms with van der Waals surface area (Å²) in [6.45, 7) is 3.22. The molecule has 0 rings (SSSR count). The first-order chi connectivity index (χ1) is 4.66. The molecule has 0 heterocycles. The van der Waals surface area contributed by atoms with Gasteiger partial charge in [0.2, 0.25) is 0 Å². The van der Waals surface area contributed by atoms with Gasteiger partial charge in [0.05, 0.1) is 0 Å². The number of rotatable bonds is 3. The van der Waals surface area contributed by atoms with E-state index < -0.39 is 0 Å². The van der Waals surface area contributed by atoms with Gasteiger partial charge in [-0.15, -0.1) is 0 Å². The van der Waals surface area contributed by atoms with Crippen LogP contribution in [0.5, 0.6) is 0 Å². The first-order valence-electron chi connectivity index (χ1n) is 3.30. The van der Waals surface area contributed by atoms with E-state index in [0.717, 1.165) is 17.7 Å². The molecule has 0 spiro atoms. The highest BCUT2D eigenvalue weighted by molar-refractivity contribution is 5.04. The predicted octanol–water partition coefficient (Wildman–Crippen LogP) is 2.15. The summed E-state index contributed by atoms with van der Waals surface area (Å²) in [5.41, 5.74) is 6.90. The summed E-state index contributed by atoms with van der Waals surface area (Å²) in [6, 6.07) is 0. The average Bonchev–Trinajstić information content (AvgIpc) is 1.87. The van der Waals surface area contributed by atoms with E-state index in [1.54, 1.807) is 6.92 Å². The minimum atomic E-state index is -0.364. The molecule has 58 valence electrons. The molecule has 0 aromatic carbocycles. The van der Waals surface area contributed by atoms with Crippen molar-refractivity contribution in [3.05, 3.63) is 23.4 Å². The van der Waals surface area contributed by atoms with E-state index in [1.165, 1.54) is 0 Å². The smallest absolute Gasteiger partial charge is 0.110 e. The fraction of sp³-hybridized carbons (Fsp3) is 0.500. The van der Waals surface area contributed by atoms with Gasteiger partial charge in [-0.25, -0.2) is 4.39 Å². The van der Waals surface area contributed by atoms with Crippen molar-refractivity contribution >= 4 is 0 Å². The molecule has 2 N–H and O–H groups in total. The molecular formula is C8H14FN. The van der Waals surface area contributed by atoms with Crippen molar-refractivity contribution in [3.8, 4) is 0 Å². The lowest BCUT2D eigenvalue weighted by Gasteiger charge is -1.90. The minimum Gasteiger partial charge on any atom is -0.403 e. The zero-order chi connectivity index (χ0) is 7.98. The SMILES string of the molecule is CC(N)=CC/C=C(\C)CF. The number of alkyl halides is 1. The third-order valence-corrected chi connectivity index (χ3v) is 1.12. The van der Waals surface area contributed by atoms with Gasteiger partial charge in [0.25, 0.3) is 0 Å². The fourth-order valence-corrected chi connectivity index (χ4v) is 0.501. The Kier molecular flexibility index (Phi) is 4.63. The zero-order valence-electron chi connectivity index (χ0n) is 6.52. The average molecular weight is 143 g/mol. The number of allylic oxidation sites excluding steroid dienone is 4. The van der Waals surface area contributed by atoms with Crippen molar-refractivity contribution < 1.29 is 4.39 Å². The molecule has 0 atom stereocenters. The van der Waals surface area contributed by atoms with Crippen LogP contribution in [0.4, 0.5) is 4.39 Å². The van der Waals surface area contributed by atoms with Gasteiger partial charge in [-0.3, -0.25) is 0 Å². The molecule has 0 saturated heterocycles. The van der Waals surface area contributed by atoms with E-state index in [0.29, 0.717) is 0 Å². The van der Waals surface area contributed by atoms with Gasteiger partial charge in [-0.05, 0) is 25.8 Å². The first kappa shape index (κ1) is 9.21. The normalized spacial score (nSPS) is 13.9. The van der Waals surface area contributed by atoms with Crippen LogP contribution in [0.3, 0.4) is 0 Å². The third kappa shape index (κ3) is 5.35. The summed E-state index contributed by atoms with van der Waals surface area (Å²) in [4.78, 5) is 0. The summed E-state index contributed by atoms with van der Waals surface area (Å²) < 4.78 is 11.8. The Morgan fingerprint density at radius 1 is 1.40 bits per heavy atom. The second kappa shape index (κ2) is 5.03. The number of hydrogen-bond acceptors (Lipinski definition) is 1. The van der Waals surface area contributed by atoms with Crippen LogP contribution in [0.25, 0.3) is 0 Å². The van der Waals surface area contributed by atoms with Gasteiger partial charge in [-0.2, -0.15) is 0 Å². The maximum atomic E-state index is 11.8. The molecule has 0 radical (unpaired) electrons. The lowest BCUT2D eigenvalue weighted by atomic mass is 10.2. The maximum absolute atomic E-state index is 11.8. The second-order valence-electron chi connectivity index (χ2n) is 2.37. The molecule has 2 heteroatoms. The summed E-state index contributed by atoms with van der Waals surface area (Å²) in [5, 5.41) is 0. The van der Waals surface area contributed by atoms with Crippen LogP contribution < -0.4 is 5.73 Å². The van der Waals surface area contributed by atoms with Crippen molar-refractivity contribution in [2.24, 2.45) is 5.73 Å². The summed E-state index contributed by atoms with van der Waals surface area (Å²) in [6.07, 6.45) is 4.42. The highest BCUT2D eigenvalue weighted by atomic mass is 19.1. The molecule has 0 bridgehead atoms. The van der Waals surface area contributed by atoms with Gasteiger partial charge in [-0.1, -0.05) is 12.2 Å². The van der Waals surface area contributed by atoms with Crippen LogP contribution in [-0.4, -0.2) is 6.67 Å². The van der Waals surface area contributed by atoms with Crippen molar-refractivity contribution in [3.63, 3.8) is 0 Å². The molecule has 10 heavy (non-hydrogen) atoms. The molecule has 0 aliphatic carbocycles. The molecule has 0 aromatic rings. The van der Waals surface area contributed by atoms with Crippen LogP contribution in [0.1, 0.15) is 20.3 Å². The van der Waals surface area contributed by atoms with Crippen molar-refractivity contribution in [1.29, 1.82) is 0 Å². The summed E-state index contributed by atoms with van der Waals surface area (Å²) in [7, 11) is 0. The number of hydrogen-bond donors (Lipinski definition) is 1. The second-order valence-corrected chi connectivity index (χ2v) is 2.37. The maximum Gasteiger partial charge on any atom is 0.110 e. The molecule has 1 nitrogen and oxygen atoms in total. The largest absolute Gasteiger partial charge is 0.403 e. The van der Waals surface area contributed by atoms with Crippen molar-refractivity contribution in [2.75, 3.05) is 6.67 Å². The number of nitrogens with two attached hydrogens (primary N) is 1. The molecule has 0 aromatic heterocycles. The molecule has 0 aliphatic rings. The van der Waals surface area contributed by atoms with E-state index in [4.69, 9.17) is 5.73 Å². The monoisotopic (exact) mass is 143 g/mol. The molecule has 0 unspecified atom stereocenters. The molecule has 0 fully saturated rings. The van der Waals surface area contributed by atoms with Gasteiger partial charge < -0.3 is 5.73 Å². The summed E-state index contributed by atoms with van der Waals surface area (Å²) >= 11 is 0. The van der Waals surface area contributed by atoms with Gasteiger partial charge in [0.15, 0.2) is 0 Å². The van der Waals surface area contributed by atoms with Gasteiger partial charge in [0.1, 0.15) is 6.67 Å². The Labute approximate surface area is 61.4 Å². The quantitative estimate of drug-likeness (QED) is 0.602. The number of halogens is 1. The van der Waals surface area contributed by atoms with Crippen LogP contribution in [-0.2, 0) is 0 Å². The van der Waals surface area contributed by atoms with Crippen molar-refractivity contribution in [2.45, 2.75) is 20.3 Å². The zero-order valence-corrected chi connectivity index (χ0v) is 6.52. The van der Waals surface area contributed by atoms with E-state index in [9.17, 15) is 4.39 Å². The molecular weight excluding hydrogens is 129 g/mol. The lowest BCUT2D eigenvalue weighted by molar-refractivity contribution is 0.542. The summed E-state index contributed by atoms with van der Waals surface area (Å²) in [5.74, 6) is 0. The van der Waals surface area contributed by atoms with E-state index in [2.05, 4.69) is 0 Å². The Hall–Kier alpha value is -0.790. The molecule has 0 amide bonds. The highest BCUT2D eigenvalue weighted by Gasteiger charge is 1.83. The third-order valence-electron chi connectivity index (χ3n) is 1.12. The Morgan fingerprint density at radius 2 is 2.00 bits per heavy atom. The standard InChI is InChI=1S/C8H14FN/c1-7(6-9)4-3-5-8(2)10/h4-5H,3,6,10H2,1-2H3/b7-4+,8-5?. The minimum absolute atomic E-state index is 0.364. The lowest BCUT2D eigenvalue weighted by Crippen LogP contribution is -1.88. The molecule has 0 saturated carbocycles. The van der Waals surface area contributed by atoms with Crippen LogP contribution >= 0.6 is 0 Å². The van der Waals surface area contributed by atoms with Crippen LogP contribution in [0.2, 0.25) is 0 Å². The van der Waals surface area contributed by atoms with Crippen LogP contribution in [0.15, 0.2) is 23.4 Å². The van der Waals surface area contributed by atoms with Crippen molar-refractivity contribution in [1.82, 2.24) is 0 Å². The topological polar surface area (TPSA) is 26.0 Å².